The van der Waals surface area contributed by atoms with Crippen molar-refractivity contribution < 1.29 is 23.9 Å². The van der Waals surface area contributed by atoms with E-state index in [1.54, 1.807) is 7.11 Å². The van der Waals surface area contributed by atoms with E-state index in [1.807, 2.05) is 51.1 Å². The molecule has 9 nitrogen and oxygen atoms in total. The van der Waals surface area contributed by atoms with E-state index in [1.165, 1.54) is 0 Å². The van der Waals surface area contributed by atoms with Crippen molar-refractivity contribution in [3.05, 3.63) is 35.9 Å². The maximum Gasteiger partial charge on any atom is 0.407 e. The van der Waals surface area contributed by atoms with Gasteiger partial charge in [0.15, 0.2) is 0 Å². The highest BCUT2D eigenvalue weighted by molar-refractivity contribution is 5.67. The molecule has 1 fully saturated rings. The molecule has 1 aromatic rings. The van der Waals surface area contributed by atoms with Gasteiger partial charge in [-0.3, -0.25) is 9.68 Å². The van der Waals surface area contributed by atoms with Gasteiger partial charge in [-0.05, 0) is 39.2 Å². The molecule has 2 rings (SSSR count). The van der Waals surface area contributed by atoms with Crippen LogP contribution >= 0.6 is 0 Å². The number of hydroxylamine groups is 2. The van der Waals surface area contributed by atoms with Crippen LogP contribution in [0.2, 0.25) is 0 Å². The van der Waals surface area contributed by atoms with Gasteiger partial charge in [0.2, 0.25) is 0 Å². The van der Waals surface area contributed by atoms with Crippen LogP contribution in [-0.4, -0.2) is 56.8 Å². The molecule has 1 unspecified atom stereocenters. The van der Waals surface area contributed by atoms with Crippen molar-refractivity contribution in [1.29, 1.82) is 0 Å². The van der Waals surface area contributed by atoms with Crippen molar-refractivity contribution >= 4 is 6.09 Å². The molecule has 0 saturated carbocycles. The highest BCUT2D eigenvalue weighted by Gasteiger charge is 2.27. The molecular formula is C21H36N4O5. The summed E-state index contributed by atoms with van der Waals surface area (Å²) >= 11 is 0. The van der Waals surface area contributed by atoms with Crippen LogP contribution in [0, 0.1) is 0 Å². The van der Waals surface area contributed by atoms with E-state index in [2.05, 4.69) is 21.6 Å². The SMILES string of the molecule is COC(NOCCNC(=O)OC(C)(C)C)[C@@H]1CC[C@@H](NOCc2ccccc2)CN1. The van der Waals surface area contributed by atoms with Crippen molar-refractivity contribution in [2.24, 2.45) is 0 Å². The predicted molar refractivity (Wildman–Crippen MR) is 113 cm³/mol. The zero-order valence-corrected chi connectivity index (χ0v) is 18.4. The Kier molecular flexibility index (Phi) is 10.5. The fourth-order valence-corrected chi connectivity index (χ4v) is 3.01. The summed E-state index contributed by atoms with van der Waals surface area (Å²) in [6.45, 7) is 7.39. The Morgan fingerprint density at radius 1 is 1.20 bits per heavy atom. The molecule has 0 spiro atoms. The first-order valence-corrected chi connectivity index (χ1v) is 10.4. The van der Waals surface area contributed by atoms with E-state index in [0.717, 1.165) is 24.9 Å². The van der Waals surface area contributed by atoms with Gasteiger partial charge in [-0.1, -0.05) is 30.3 Å². The summed E-state index contributed by atoms with van der Waals surface area (Å²) in [7, 11) is 1.63. The minimum absolute atomic E-state index is 0.112. The number of amides is 1. The highest BCUT2D eigenvalue weighted by atomic mass is 16.7. The summed E-state index contributed by atoms with van der Waals surface area (Å²) in [6.07, 6.45) is 1.10. The molecule has 1 aliphatic heterocycles. The number of rotatable bonds is 11. The van der Waals surface area contributed by atoms with Gasteiger partial charge in [0.1, 0.15) is 11.8 Å². The monoisotopic (exact) mass is 424 g/mol. The standard InChI is InChI=1S/C21H36N4O5/c1-21(2,3)30-20(26)22-12-13-28-25-19(27-4)18-11-10-17(14-23-18)24-29-15-16-8-6-5-7-9-16/h5-9,17-19,23-25H,10-15H2,1-4H3,(H,22,26)/t17-,18+,19?/m1/s1. The van der Waals surface area contributed by atoms with Crippen LogP contribution in [0.4, 0.5) is 4.79 Å². The Morgan fingerprint density at radius 2 is 1.97 bits per heavy atom. The van der Waals surface area contributed by atoms with Crippen LogP contribution < -0.4 is 21.6 Å². The number of ether oxygens (including phenoxy) is 2. The first kappa shape index (κ1) is 24.5. The highest BCUT2D eigenvalue weighted by Crippen LogP contribution is 2.12. The summed E-state index contributed by atoms with van der Waals surface area (Å²) < 4.78 is 10.7. The molecule has 1 saturated heterocycles. The molecule has 1 aliphatic rings. The Morgan fingerprint density at radius 3 is 2.60 bits per heavy atom. The third-order valence-corrected chi connectivity index (χ3v) is 4.48. The molecule has 1 amide bonds. The van der Waals surface area contributed by atoms with Crippen LogP contribution in [0.15, 0.2) is 30.3 Å². The van der Waals surface area contributed by atoms with E-state index in [-0.39, 0.29) is 18.3 Å². The van der Waals surface area contributed by atoms with Gasteiger partial charge < -0.3 is 20.1 Å². The number of alkyl carbamates (subject to hydrolysis) is 1. The minimum atomic E-state index is -0.518. The maximum absolute atomic E-state index is 11.6. The van der Waals surface area contributed by atoms with Crippen molar-refractivity contribution in [2.45, 2.75) is 64.1 Å². The summed E-state index contributed by atoms with van der Waals surface area (Å²) in [4.78, 5) is 22.6. The largest absolute Gasteiger partial charge is 0.444 e. The first-order chi connectivity index (χ1) is 14.4. The number of benzene rings is 1. The molecule has 0 aromatic heterocycles. The second-order valence-corrected chi connectivity index (χ2v) is 8.23. The van der Waals surface area contributed by atoms with Crippen LogP contribution in [-0.2, 0) is 25.8 Å². The lowest BCUT2D eigenvalue weighted by Crippen LogP contribution is -2.56. The molecule has 3 atom stereocenters. The van der Waals surface area contributed by atoms with Crippen LogP contribution in [0.5, 0.6) is 0 Å². The molecule has 1 heterocycles. The van der Waals surface area contributed by atoms with Gasteiger partial charge in [-0.25, -0.2) is 4.79 Å². The summed E-state index contributed by atoms with van der Waals surface area (Å²) in [5.74, 6) is 0. The van der Waals surface area contributed by atoms with E-state index >= 15 is 0 Å². The van der Waals surface area contributed by atoms with Crippen molar-refractivity contribution in [3.8, 4) is 0 Å². The molecule has 0 radical (unpaired) electrons. The van der Waals surface area contributed by atoms with E-state index in [0.29, 0.717) is 19.8 Å². The number of carbonyl (C=O) groups excluding carboxylic acids is 1. The van der Waals surface area contributed by atoms with Gasteiger partial charge in [0.05, 0.1) is 13.2 Å². The molecule has 0 aliphatic carbocycles. The summed E-state index contributed by atoms with van der Waals surface area (Å²) in [6, 6.07) is 10.4. The van der Waals surface area contributed by atoms with Gasteiger partial charge in [0.25, 0.3) is 0 Å². The maximum atomic E-state index is 11.6. The average Bonchev–Trinajstić information content (AvgIpc) is 2.71. The zero-order valence-electron chi connectivity index (χ0n) is 18.4. The van der Waals surface area contributed by atoms with Crippen LogP contribution in [0.3, 0.4) is 0 Å². The zero-order chi connectivity index (χ0) is 21.8. The molecule has 0 bridgehead atoms. The number of hydrogen-bond donors (Lipinski definition) is 4. The number of carbonyl (C=O) groups is 1. The normalized spacial score (nSPS) is 20.5. The lowest BCUT2D eigenvalue weighted by molar-refractivity contribution is -0.0950. The predicted octanol–water partition coefficient (Wildman–Crippen LogP) is 1.85. The van der Waals surface area contributed by atoms with Crippen molar-refractivity contribution in [3.63, 3.8) is 0 Å². The number of piperidine rings is 1. The van der Waals surface area contributed by atoms with E-state index < -0.39 is 11.7 Å². The van der Waals surface area contributed by atoms with Crippen molar-refractivity contribution in [1.82, 2.24) is 21.6 Å². The summed E-state index contributed by atoms with van der Waals surface area (Å²) in [5.41, 5.74) is 6.65. The molecule has 1 aromatic carbocycles. The molecule has 9 heteroatoms. The topological polar surface area (TPSA) is 102 Å². The number of methoxy groups -OCH3 is 1. The third-order valence-electron chi connectivity index (χ3n) is 4.48. The number of hydrogen-bond acceptors (Lipinski definition) is 8. The second kappa shape index (κ2) is 12.8. The Labute approximate surface area is 179 Å². The van der Waals surface area contributed by atoms with Gasteiger partial charge >= 0.3 is 6.09 Å². The van der Waals surface area contributed by atoms with Crippen LogP contribution in [0.1, 0.15) is 39.2 Å². The smallest absolute Gasteiger partial charge is 0.407 e. The second-order valence-electron chi connectivity index (χ2n) is 8.23. The minimum Gasteiger partial charge on any atom is -0.444 e. The van der Waals surface area contributed by atoms with Crippen LogP contribution in [0.25, 0.3) is 0 Å². The Hall–Kier alpha value is -1.75. The average molecular weight is 425 g/mol. The lowest BCUT2D eigenvalue weighted by atomic mass is 10.0. The number of nitrogens with one attached hydrogen (secondary N) is 4. The fraction of sp³-hybridized carbons (Fsp3) is 0.667. The van der Waals surface area contributed by atoms with Gasteiger partial charge in [-0.2, -0.15) is 11.0 Å². The third kappa shape index (κ3) is 9.84. The Bertz CT molecular complexity index is 603. The lowest BCUT2D eigenvalue weighted by Gasteiger charge is -2.34. The van der Waals surface area contributed by atoms with Crippen molar-refractivity contribution in [2.75, 3.05) is 26.8 Å². The molecule has 170 valence electrons. The van der Waals surface area contributed by atoms with E-state index in [9.17, 15) is 4.79 Å². The molecule has 4 N–H and O–H groups in total. The molecule has 30 heavy (non-hydrogen) atoms. The Balaban J connectivity index is 1.56. The van der Waals surface area contributed by atoms with Gasteiger partial charge in [0, 0.05) is 32.3 Å². The fourth-order valence-electron chi connectivity index (χ4n) is 3.01. The van der Waals surface area contributed by atoms with Gasteiger partial charge in [-0.15, -0.1) is 0 Å². The quantitative estimate of drug-likeness (QED) is 0.243. The first-order valence-electron chi connectivity index (χ1n) is 10.4. The van der Waals surface area contributed by atoms with E-state index in [4.69, 9.17) is 19.1 Å². The summed E-state index contributed by atoms with van der Waals surface area (Å²) in [5, 5.41) is 6.10. The molecular weight excluding hydrogens is 388 g/mol.